The van der Waals surface area contributed by atoms with Crippen LogP contribution in [0.5, 0.6) is 0 Å². The Hall–Kier alpha value is -2.18. The van der Waals surface area contributed by atoms with Gasteiger partial charge in [-0.2, -0.15) is 0 Å². The van der Waals surface area contributed by atoms with Gasteiger partial charge in [0.2, 0.25) is 10.0 Å². The van der Waals surface area contributed by atoms with Crippen molar-refractivity contribution in [2.75, 3.05) is 0 Å². The topological polar surface area (TPSA) is 72.2 Å². The standard InChI is InChI=1S/C20H19ClN2O2S/c21-17-11-13-18(14-12-17)26(24,25)23-20(16-9-5-2-6-10-16)19(22)15-7-3-1-4-8-15/h1-14,19-20,23H,22H2/t19?,20-/m0/s1. The Morgan fingerprint density at radius 2 is 1.27 bits per heavy atom. The van der Waals surface area contributed by atoms with E-state index in [1.807, 2.05) is 60.7 Å². The monoisotopic (exact) mass is 386 g/mol. The fourth-order valence-corrected chi connectivity index (χ4v) is 4.10. The molecular formula is C20H19ClN2O2S. The van der Waals surface area contributed by atoms with Crippen molar-refractivity contribution in [3.8, 4) is 0 Å². The lowest BCUT2D eigenvalue weighted by Gasteiger charge is -2.26. The van der Waals surface area contributed by atoms with Gasteiger partial charge in [0.15, 0.2) is 0 Å². The number of rotatable bonds is 6. The first-order valence-electron chi connectivity index (χ1n) is 8.11. The summed E-state index contributed by atoms with van der Waals surface area (Å²) in [7, 11) is -3.77. The van der Waals surface area contributed by atoms with Gasteiger partial charge in [0.05, 0.1) is 17.0 Å². The largest absolute Gasteiger partial charge is 0.322 e. The molecule has 134 valence electrons. The number of benzene rings is 3. The molecule has 0 spiro atoms. The molecule has 0 aliphatic carbocycles. The zero-order valence-corrected chi connectivity index (χ0v) is 15.5. The second-order valence-corrected chi connectivity index (χ2v) is 8.05. The Balaban J connectivity index is 1.97. The molecule has 26 heavy (non-hydrogen) atoms. The van der Waals surface area contributed by atoms with Gasteiger partial charge in [-0.1, -0.05) is 72.3 Å². The van der Waals surface area contributed by atoms with E-state index in [2.05, 4.69) is 4.72 Å². The van der Waals surface area contributed by atoms with Gasteiger partial charge in [-0.3, -0.25) is 0 Å². The molecule has 0 saturated heterocycles. The maximum atomic E-state index is 12.9. The molecule has 0 aliphatic rings. The Labute approximate surface area is 158 Å². The summed E-state index contributed by atoms with van der Waals surface area (Å²) < 4.78 is 28.5. The molecule has 0 saturated carbocycles. The van der Waals surface area contributed by atoms with Crippen LogP contribution in [0, 0.1) is 0 Å². The summed E-state index contributed by atoms with van der Waals surface area (Å²) in [6.45, 7) is 0. The number of nitrogens with one attached hydrogen (secondary N) is 1. The van der Waals surface area contributed by atoms with Crippen LogP contribution in [-0.4, -0.2) is 8.42 Å². The highest BCUT2D eigenvalue weighted by molar-refractivity contribution is 7.89. The number of hydrogen-bond donors (Lipinski definition) is 2. The van der Waals surface area contributed by atoms with E-state index in [1.54, 1.807) is 12.1 Å². The van der Waals surface area contributed by atoms with Crippen LogP contribution in [0.2, 0.25) is 5.02 Å². The van der Waals surface area contributed by atoms with E-state index in [0.717, 1.165) is 11.1 Å². The van der Waals surface area contributed by atoms with Crippen molar-refractivity contribution < 1.29 is 8.42 Å². The van der Waals surface area contributed by atoms with E-state index in [4.69, 9.17) is 17.3 Å². The molecule has 0 heterocycles. The Morgan fingerprint density at radius 3 is 1.81 bits per heavy atom. The molecule has 2 atom stereocenters. The average Bonchev–Trinajstić information content (AvgIpc) is 2.67. The van der Waals surface area contributed by atoms with Crippen molar-refractivity contribution in [2.24, 2.45) is 5.73 Å². The normalized spacial score (nSPS) is 13.9. The molecule has 0 amide bonds. The Kier molecular flexibility index (Phi) is 5.74. The molecule has 0 aromatic heterocycles. The van der Waals surface area contributed by atoms with Gasteiger partial charge in [0.25, 0.3) is 0 Å². The quantitative estimate of drug-likeness (QED) is 0.671. The van der Waals surface area contributed by atoms with Crippen molar-refractivity contribution in [3.05, 3.63) is 101 Å². The van der Waals surface area contributed by atoms with Crippen LogP contribution in [-0.2, 0) is 10.0 Å². The van der Waals surface area contributed by atoms with Crippen LogP contribution >= 0.6 is 11.6 Å². The van der Waals surface area contributed by atoms with Crippen molar-refractivity contribution in [1.82, 2.24) is 4.72 Å². The second kappa shape index (κ2) is 8.01. The summed E-state index contributed by atoms with van der Waals surface area (Å²) in [5.41, 5.74) is 8.07. The summed E-state index contributed by atoms with van der Waals surface area (Å²) in [6, 6.07) is 23.6. The van der Waals surface area contributed by atoms with Gasteiger partial charge in [0, 0.05) is 5.02 Å². The number of halogens is 1. The molecule has 1 unspecified atom stereocenters. The molecule has 3 N–H and O–H groups in total. The smallest absolute Gasteiger partial charge is 0.241 e. The van der Waals surface area contributed by atoms with Crippen molar-refractivity contribution in [2.45, 2.75) is 17.0 Å². The van der Waals surface area contributed by atoms with Gasteiger partial charge in [-0.05, 0) is 35.4 Å². The molecule has 4 nitrogen and oxygen atoms in total. The van der Waals surface area contributed by atoms with Gasteiger partial charge < -0.3 is 5.73 Å². The fourth-order valence-electron chi connectivity index (χ4n) is 2.73. The lowest BCUT2D eigenvalue weighted by Crippen LogP contribution is -2.36. The van der Waals surface area contributed by atoms with Crippen LogP contribution in [0.1, 0.15) is 23.2 Å². The zero-order valence-electron chi connectivity index (χ0n) is 13.9. The molecule has 6 heteroatoms. The van der Waals surface area contributed by atoms with Gasteiger partial charge >= 0.3 is 0 Å². The number of hydrogen-bond acceptors (Lipinski definition) is 3. The van der Waals surface area contributed by atoms with Crippen molar-refractivity contribution in [1.29, 1.82) is 0 Å². The molecule has 0 fully saturated rings. The zero-order chi connectivity index (χ0) is 18.6. The van der Waals surface area contributed by atoms with Gasteiger partial charge in [0.1, 0.15) is 0 Å². The lowest BCUT2D eigenvalue weighted by molar-refractivity contribution is 0.504. The van der Waals surface area contributed by atoms with Crippen molar-refractivity contribution >= 4 is 21.6 Å². The second-order valence-electron chi connectivity index (χ2n) is 5.90. The van der Waals surface area contributed by atoms with Crippen LogP contribution < -0.4 is 10.5 Å². The molecular weight excluding hydrogens is 368 g/mol. The summed E-state index contributed by atoms with van der Waals surface area (Å²) in [5.74, 6) is 0. The minimum absolute atomic E-state index is 0.142. The molecule has 3 aromatic rings. The third kappa shape index (κ3) is 4.31. The molecule has 0 radical (unpaired) electrons. The number of sulfonamides is 1. The highest BCUT2D eigenvalue weighted by atomic mass is 35.5. The summed E-state index contributed by atoms with van der Waals surface area (Å²) in [4.78, 5) is 0.142. The SMILES string of the molecule is NC(c1ccccc1)[C@@H](NS(=O)(=O)c1ccc(Cl)cc1)c1ccccc1. The van der Waals surface area contributed by atoms with Crippen LogP contribution in [0.3, 0.4) is 0 Å². The van der Waals surface area contributed by atoms with E-state index >= 15 is 0 Å². The highest BCUT2D eigenvalue weighted by Crippen LogP contribution is 2.28. The van der Waals surface area contributed by atoms with E-state index in [0.29, 0.717) is 5.02 Å². The van der Waals surface area contributed by atoms with Gasteiger partial charge in [-0.15, -0.1) is 0 Å². The Bertz CT molecular complexity index is 946. The maximum Gasteiger partial charge on any atom is 0.241 e. The minimum Gasteiger partial charge on any atom is -0.322 e. The van der Waals surface area contributed by atoms with E-state index in [1.165, 1.54) is 12.1 Å². The minimum atomic E-state index is -3.77. The third-order valence-electron chi connectivity index (χ3n) is 4.11. The number of nitrogens with two attached hydrogens (primary N) is 1. The first-order chi connectivity index (χ1) is 12.5. The first-order valence-corrected chi connectivity index (χ1v) is 9.97. The molecule has 0 aliphatic heterocycles. The van der Waals surface area contributed by atoms with E-state index in [-0.39, 0.29) is 4.90 Å². The van der Waals surface area contributed by atoms with Crippen molar-refractivity contribution in [3.63, 3.8) is 0 Å². The summed E-state index contributed by atoms with van der Waals surface area (Å²) >= 11 is 5.86. The highest BCUT2D eigenvalue weighted by Gasteiger charge is 2.27. The Morgan fingerprint density at radius 1 is 0.769 bits per heavy atom. The maximum absolute atomic E-state index is 12.9. The predicted octanol–water partition coefficient (Wildman–Crippen LogP) is 4.06. The van der Waals surface area contributed by atoms with Gasteiger partial charge in [-0.25, -0.2) is 13.1 Å². The van der Waals surface area contributed by atoms with E-state index < -0.39 is 22.1 Å². The van der Waals surface area contributed by atoms with Crippen LogP contribution in [0.4, 0.5) is 0 Å². The fraction of sp³-hybridized carbons (Fsp3) is 0.100. The molecule has 0 bridgehead atoms. The lowest BCUT2D eigenvalue weighted by atomic mass is 9.95. The first kappa shape index (κ1) is 18.6. The summed E-state index contributed by atoms with van der Waals surface area (Å²) in [6.07, 6.45) is 0. The average molecular weight is 387 g/mol. The predicted molar refractivity (Wildman–Crippen MR) is 104 cm³/mol. The van der Waals surface area contributed by atoms with E-state index in [9.17, 15) is 8.42 Å². The van der Waals surface area contributed by atoms with Crippen LogP contribution in [0.15, 0.2) is 89.8 Å². The van der Waals surface area contributed by atoms with Crippen LogP contribution in [0.25, 0.3) is 0 Å². The summed E-state index contributed by atoms with van der Waals surface area (Å²) in [5, 5.41) is 0.476. The molecule has 3 aromatic carbocycles. The molecule has 3 rings (SSSR count). The third-order valence-corrected chi connectivity index (χ3v) is 5.82.